The van der Waals surface area contributed by atoms with Crippen LogP contribution >= 0.6 is 11.6 Å². The summed E-state index contributed by atoms with van der Waals surface area (Å²) in [5, 5.41) is 10.2. The molecule has 1 fully saturated rings. The zero-order valence-electron chi connectivity index (χ0n) is 8.69. The van der Waals surface area contributed by atoms with Crippen molar-refractivity contribution < 1.29 is 9.90 Å². The Morgan fingerprint density at radius 2 is 2.31 bits per heavy atom. The second-order valence-corrected chi connectivity index (χ2v) is 4.38. The second-order valence-electron chi connectivity index (χ2n) is 3.94. The van der Waals surface area contributed by atoms with Crippen LogP contribution < -0.4 is 10.6 Å². The number of phenolic OH excluding ortho intramolecular Hbond substituents is 1. The predicted octanol–water partition coefficient (Wildman–Crippen LogP) is 1.36. The van der Waals surface area contributed by atoms with Gasteiger partial charge in [0.15, 0.2) is 0 Å². The van der Waals surface area contributed by atoms with E-state index in [1.54, 1.807) is 17.0 Å². The summed E-state index contributed by atoms with van der Waals surface area (Å²) in [6, 6.07) is 4.66. The smallest absolute Gasteiger partial charge is 0.227 e. The lowest BCUT2D eigenvalue weighted by atomic mass is 10.1. The summed E-state index contributed by atoms with van der Waals surface area (Å²) < 4.78 is 0. The second kappa shape index (κ2) is 4.31. The van der Waals surface area contributed by atoms with Gasteiger partial charge in [-0.3, -0.25) is 4.79 Å². The topological polar surface area (TPSA) is 66.6 Å². The first-order valence-corrected chi connectivity index (χ1v) is 5.48. The number of aromatic hydroxyl groups is 1. The van der Waals surface area contributed by atoms with E-state index in [1.807, 2.05) is 0 Å². The SMILES string of the molecule is NCC1CC(=O)N(c2cc(Cl)ccc2O)C1. The van der Waals surface area contributed by atoms with Crippen molar-refractivity contribution >= 4 is 23.2 Å². The highest BCUT2D eigenvalue weighted by molar-refractivity contribution is 6.31. The van der Waals surface area contributed by atoms with Gasteiger partial charge in [0.2, 0.25) is 5.91 Å². The van der Waals surface area contributed by atoms with Gasteiger partial charge in [0.25, 0.3) is 0 Å². The van der Waals surface area contributed by atoms with Crippen LogP contribution in [0.3, 0.4) is 0 Å². The molecule has 1 atom stereocenters. The Labute approximate surface area is 98.6 Å². The van der Waals surface area contributed by atoms with Crippen LogP contribution in [0.25, 0.3) is 0 Å². The number of anilines is 1. The molecule has 1 unspecified atom stereocenters. The molecule has 0 spiro atoms. The van der Waals surface area contributed by atoms with Crippen molar-refractivity contribution in [1.29, 1.82) is 0 Å². The molecule has 0 bridgehead atoms. The lowest BCUT2D eigenvalue weighted by molar-refractivity contribution is -0.117. The molecular weight excluding hydrogens is 228 g/mol. The van der Waals surface area contributed by atoms with E-state index in [0.29, 0.717) is 30.2 Å². The van der Waals surface area contributed by atoms with Gasteiger partial charge < -0.3 is 15.7 Å². The van der Waals surface area contributed by atoms with Gasteiger partial charge >= 0.3 is 0 Å². The van der Waals surface area contributed by atoms with E-state index in [1.165, 1.54) is 6.07 Å². The number of benzene rings is 1. The van der Waals surface area contributed by atoms with Crippen LogP contribution in [0.4, 0.5) is 5.69 Å². The quantitative estimate of drug-likeness (QED) is 0.820. The molecule has 1 aliphatic heterocycles. The Balaban J connectivity index is 2.30. The van der Waals surface area contributed by atoms with Crippen molar-refractivity contribution in [1.82, 2.24) is 0 Å². The van der Waals surface area contributed by atoms with E-state index in [2.05, 4.69) is 0 Å². The summed E-state index contributed by atoms with van der Waals surface area (Å²) in [6.45, 7) is 1.02. The van der Waals surface area contributed by atoms with E-state index in [0.717, 1.165) is 0 Å². The van der Waals surface area contributed by atoms with E-state index in [-0.39, 0.29) is 17.6 Å². The van der Waals surface area contributed by atoms with Gasteiger partial charge in [-0.1, -0.05) is 11.6 Å². The first kappa shape index (κ1) is 11.2. The number of carbonyl (C=O) groups excluding carboxylic acids is 1. The minimum absolute atomic E-state index is 0.0204. The zero-order chi connectivity index (χ0) is 11.7. The fourth-order valence-corrected chi connectivity index (χ4v) is 2.05. The molecule has 5 heteroatoms. The Hall–Kier alpha value is -1.26. The molecule has 3 N–H and O–H groups in total. The van der Waals surface area contributed by atoms with Crippen LogP contribution in [-0.2, 0) is 4.79 Å². The molecular formula is C11H13ClN2O2. The first-order valence-electron chi connectivity index (χ1n) is 5.10. The van der Waals surface area contributed by atoms with Gasteiger partial charge in [0.05, 0.1) is 5.69 Å². The van der Waals surface area contributed by atoms with E-state index >= 15 is 0 Å². The molecule has 1 aromatic carbocycles. The maximum Gasteiger partial charge on any atom is 0.227 e. The zero-order valence-corrected chi connectivity index (χ0v) is 9.44. The molecule has 4 nitrogen and oxygen atoms in total. The highest BCUT2D eigenvalue weighted by Crippen LogP contribution is 2.34. The molecule has 16 heavy (non-hydrogen) atoms. The summed E-state index contributed by atoms with van der Waals surface area (Å²) >= 11 is 5.84. The highest BCUT2D eigenvalue weighted by atomic mass is 35.5. The van der Waals surface area contributed by atoms with Gasteiger partial charge in [-0.15, -0.1) is 0 Å². The van der Waals surface area contributed by atoms with Gasteiger partial charge in [-0.25, -0.2) is 0 Å². The van der Waals surface area contributed by atoms with Gasteiger partial charge in [-0.2, -0.15) is 0 Å². The molecule has 1 amide bonds. The summed E-state index contributed by atoms with van der Waals surface area (Å²) in [7, 11) is 0. The van der Waals surface area contributed by atoms with Crippen LogP contribution in [0.15, 0.2) is 18.2 Å². The Morgan fingerprint density at radius 1 is 1.56 bits per heavy atom. The van der Waals surface area contributed by atoms with E-state index < -0.39 is 0 Å². The van der Waals surface area contributed by atoms with E-state index in [4.69, 9.17) is 17.3 Å². The molecule has 2 rings (SSSR count). The summed E-state index contributed by atoms with van der Waals surface area (Å²) in [4.78, 5) is 13.3. The molecule has 0 radical (unpaired) electrons. The van der Waals surface area contributed by atoms with Crippen LogP contribution in [0.5, 0.6) is 5.75 Å². The van der Waals surface area contributed by atoms with Gasteiger partial charge in [-0.05, 0) is 30.7 Å². The van der Waals surface area contributed by atoms with Crippen LogP contribution in [0.2, 0.25) is 5.02 Å². The predicted molar refractivity (Wildman–Crippen MR) is 62.6 cm³/mol. The third-order valence-corrected chi connectivity index (χ3v) is 3.00. The fraction of sp³-hybridized carbons (Fsp3) is 0.364. The standard InChI is InChI=1S/C11H13ClN2O2/c12-8-1-2-10(15)9(4-8)14-6-7(5-13)3-11(14)16/h1-2,4,7,15H,3,5-6,13H2. The van der Waals surface area contributed by atoms with E-state index in [9.17, 15) is 9.90 Å². The molecule has 0 aliphatic carbocycles. The molecule has 1 aromatic rings. The average molecular weight is 241 g/mol. The maximum atomic E-state index is 11.7. The van der Waals surface area contributed by atoms with Crippen molar-refractivity contribution in [2.75, 3.05) is 18.0 Å². The van der Waals surface area contributed by atoms with Gasteiger partial charge in [0, 0.05) is 18.0 Å². The number of rotatable bonds is 2. The maximum absolute atomic E-state index is 11.7. The third kappa shape index (κ3) is 1.99. The summed E-state index contributed by atoms with van der Waals surface area (Å²) in [6.07, 6.45) is 0.433. The number of amides is 1. The molecule has 1 heterocycles. The lowest BCUT2D eigenvalue weighted by Crippen LogP contribution is -2.25. The molecule has 0 aromatic heterocycles. The monoisotopic (exact) mass is 240 g/mol. The first-order chi connectivity index (χ1) is 7.61. The van der Waals surface area contributed by atoms with Crippen molar-refractivity contribution in [2.45, 2.75) is 6.42 Å². The molecule has 1 saturated heterocycles. The normalized spacial score (nSPS) is 20.5. The van der Waals surface area contributed by atoms with Crippen LogP contribution in [0, 0.1) is 5.92 Å². The fourth-order valence-electron chi connectivity index (χ4n) is 1.89. The van der Waals surface area contributed by atoms with Crippen molar-refractivity contribution in [3.05, 3.63) is 23.2 Å². The van der Waals surface area contributed by atoms with Crippen molar-refractivity contribution in [3.63, 3.8) is 0 Å². The minimum atomic E-state index is -0.0204. The molecule has 1 aliphatic rings. The molecule has 0 saturated carbocycles. The number of carbonyl (C=O) groups is 1. The van der Waals surface area contributed by atoms with Crippen molar-refractivity contribution in [2.24, 2.45) is 11.7 Å². The van der Waals surface area contributed by atoms with Crippen molar-refractivity contribution in [3.8, 4) is 5.75 Å². The van der Waals surface area contributed by atoms with Crippen LogP contribution in [0.1, 0.15) is 6.42 Å². The number of nitrogens with two attached hydrogens (primary N) is 1. The number of hydrogen-bond acceptors (Lipinski definition) is 3. The largest absolute Gasteiger partial charge is 0.506 e. The number of halogens is 1. The Morgan fingerprint density at radius 3 is 2.94 bits per heavy atom. The number of phenols is 1. The Kier molecular flexibility index (Phi) is 3.03. The number of hydrogen-bond donors (Lipinski definition) is 2. The summed E-state index contributed by atoms with van der Waals surface area (Å²) in [5.74, 6) is 0.203. The summed E-state index contributed by atoms with van der Waals surface area (Å²) in [5.41, 5.74) is 6.00. The molecule has 86 valence electrons. The van der Waals surface area contributed by atoms with Gasteiger partial charge in [0.1, 0.15) is 5.75 Å². The third-order valence-electron chi connectivity index (χ3n) is 2.77. The Bertz CT molecular complexity index is 422. The van der Waals surface area contributed by atoms with Crippen LogP contribution in [-0.4, -0.2) is 24.1 Å². The highest BCUT2D eigenvalue weighted by Gasteiger charge is 2.31. The number of nitrogens with zero attached hydrogens (tertiary/aromatic N) is 1. The lowest BCUT2D eigenvalue weighted by Gasteiger charge is -2.18. The minimum Gasteiger partial charge on any atom is -0.506 e. The average Bonchev–Trinajstić information content (AvgIpc) is 2.63.